The monoisotopic (exact) mass is 478 g/mol. The summed E-state index contributed by atoms with van der Waals surface area (Å²) in [4.78, 5) is 29.1. The Morgan fingerprint density at radius 1 is 1.00 bits per heavy atom. The van der Waals surface area contributed by atoms with Gasteiger partial charge in [0, 0.05) is 5.56 Å². The minimum absolute atomic E-state index is 0.101. The highest BCUT2D eigenvalue weighted by molar-refractivity contribution is 6.09. The molecule has 0 aliphatic heterocycles. The molecule has 0 aliphatic carbocycles. The van der Waals surface area contributed by atoms with Crippen molar-refractivity contribution in [3.05, 3.63) is 107 Å². The van der Waals surface area contributed by atoms with Crippen molar-refractivity contribution in [2.45, 2.75) is 39.7 Å². The molecular weight excluding hydrogens is 448 g/mol. The average Bonchev–Trinajstić information content (AvgIpc) is 3.23. The zero-order valence-corrected chi connectivity index (χ0v) is 20.8. The second-order valence-electron chi connectivity index (χ2n) is 8.96. The molecule has 4 rings (SSSR count). The van der Waals surface area contributed by atoms with Gasteiger partial charge in [0.15, 0.2) is 5.78 Å². The molecule has 36 heavy (non-hydrogen) atoms. The number of ketones is 1. The standard InChI is InChI=1S/C30H30N4O2/c1-4-20(2)23-10-8-12-25(18-23)29(36)33-30-32-27-13-5-6-14-28(27)34(30)19-22-9-7-11-24(17-22)26(31)16-15-21(3)35/h5-18,20,31H,4,19H2,1-3H3,(H,32,33,36)/b16-15-,31-26?/t20-/m0/s1. The number of rotatable bonds is 9. The Hall–Kier alpha value is -4.32. The summed E-state index contributed by atoms with van der Waals surface area (Å²) in [6.45, 7) is 6.21. The second kappa shape index (κ2) is 11.0. The number of carbonyl (C=O) groups excluding carboxylic acids is 2. The first-order valence-corrected chi connectivity index (χ1v) is 12.1. The Labute approximate surface area is 211 Å². The minimum Gasteiger partial charge on any atom is -0.305 e. The van der Waals surface area contributed by atoms with Crippen molar-refractivity contribution in [2.24, 2.45) is 0 Å². The zero-order valence-electron chi connectivity index (χ0n) is 20.8. The molecule has 1 amide bonds. The number of para-hydroxylation sites is 2. The largest absolute Gasteiger partial charge is 0.305 e. The van der Waals surface area contributed by atoms with Crippen molar-refractivity contribution in [3.63, 3.8) is 0 Å². The fourth-order valence-corrected chi connectivity index (χ4v) is 4.04. The van der Waals surface area contributed by atoms with Crippen LogP contribution in [0.15, 0.2) is 84.9 Å². The molecule has 3 aromatic carbocycles. The summed E-state index contributed by atoms with van der Waals surface area (Å²) in [6, 6.07) is 23.1. The third-order valence-electron chi connectivity index (χ3n) is 6.27. The smallest absolute Gasteiger partial charge is 0.257 e. The van der Waals surface area contributed by atoms with E-state index in [2.05, 4.69) is 25.2 Å². The van der Waals surface area contributed by atoms with E-state index in [1.165, 1.54) is 19.1 Å². The zero-order chi connectivity index (χ0) is 25.7. The van der Waals surface area contributed by atoms with Gasteiger partial charge in [0.05, 0.1) is 23.3 Å². The molecule has 182 valence electrons. The van der Waals surface area contributed by atoms with Crippen LogP contribution in [-0.4, -0.2) is 27.0 Å². The van der Waals surface area contributed by atoms with Crippen LogP contribution in [0.25, 0.3) is 11.0 Å². The van der Waals surface area contributed by atoms with Crippen LogP contribution in [0.2, 0.25) is 0 Å². The molecular formula is C30H30N4O2. The maximum absolute atomic E-state index is 13.2. The predicted octanol–water partition coefficient (Wildman–Crippen LogP) is 6.36. The number of aromatic nitrogens is 2. The number of carbonyl (C=O) groups is 2. The van der Waals surface area contributed by atoms with Gasteiger partial charge in [-0.1, -0.05) is 56.3 Å². The number of hydrogen-bond donors (Lipinski definition) is 2. The fraction of sp³-hybridized carbons (Fsp3) is 0.200. The summed E-state index contributed by atoms with van der Waals surface area (Å²) >= 11 is 0. The molecule has 4 aromatic rings. The van der Waals surface area contributed by atoms with Gasteiger partial charge in [-0.2, -0.15) is 0 Å². The van der Waals surface area contributed by atoms with Gasteiger partial charge in [-0.15, -0.1) is 0 Å². The fourth-order valence-electron chi connectivity index (χ4n) is 4.04. The van der Waals surface area contributed by atoms with E-state index in [1.807, 2.05) is 71.3 Å². The van der Waals surface area contributed by atoms with Crippen molar-refractivity contribution < 1.29 is 9.59 Å². The van der Waals surface area contributed by atoms with Crippen LogP contribution >= 0.6 is 0 Å². The Bertz CT molecular complexity index is 1460. The van der Waals surface area contributed by atoms with E-state index in [0.29, 0.717) is 29.5 Å². The molecule has 6 heteroatoms. The number of nitrogens with zero attached hydrogens (tertiary/aromatic N) is 2. The van der Waals surface area contributed by atoms with Crippen LogP contribution in [0, 0.1) is 5.41 Å². The number of nitrogens with one attached hydrogen (secondary N) is 2. The van der Waals surface area contributed by atoms with Crippen molar-refractivity contribution in [1.82, 2.24) is 9.55 Å². The summed E-state index contributed by atoms with van der Waals surface area (Å²) < 4.78 is 1.97. The van der Waals surface area contributed by atoms with E-state index < -0.39 is 0 Å². The summed E-state index contributed by atoms with van der Waals surface area (Å²) in [7, 11) is 0. The highest BCUT2D eigenvalue weighted by Gasteiger charge is 2.16. The first kappa shape index (κ1) is 24.8. The average molecular weight is 479 g/mol. The van der Waals surface area contributed by atoms with Crippen LogP contribution in [0.3, 0.4) is 0 Å². The summed E-state index contributed by atoms with van der Waals surface area (Å²) in [5, 5.41) is 11.3. The number of imidazole rings is 1. The third-order valence-corrected chi connectivity index (χ3v) is 6.27. The molecule has 6 nitrogen and oxygen atoms in total. The second-order valence-corrected chi connectivity index (χ2v) is 8.96. The molecule has 0 saturated carbocycles. The van der Waals surface area contributed by atoms with E-state index in [1.54, 1.807) is 0 Å². The topological polar surface area (TPSA) is 87.8 Å². The Kier molecular flexibility index (Phi) is 7.54. The van der Waals surface area contributed by atoms with Crippen molar-refractivity contribution >= 4 is 34.4 Å². The third kappa shape index (κ3) is 5.66. The summed E-state index contributed by atoms with van der Waals surface area (Å²) in [5.74, 6) is 0.531. The van der Waals surface area contributed by atoms with Gasteiger partial charge >= 0.3 is 0 Å². The minimum atomic E-state index is -0.207. The van der Waals surface area contributed by atoms with Gasteiger partial charge in [0.1, 0.15) is 0 Å². The Morgan fingerprint density at radius 2 is 1.75 bits per heavy atom. The molecule has 0 saturated heterocycles. The lowest BCUT2D eigenvalue weighted by atomic mass is 9.97. The van der Waals surface area contributed by atoms with Crippen LogP contribution in [0.4, 0.5) is 5.95 Å². The number of amides is 1. The number of benzene rings is 3. The number of fused-ring (bicyclic) bond motifs is 1. The Morgan fingerprint density at radius 3 is 2.53 bits per heavy atom. The van der Waals surface area contributed by atoms with Crippen molar-refractivity contribution in [2.75, 3.05) is 5.32 Å². The first-order valence-electron chi connectivity index (χ1n) is 12.1. The van der Waals surface area contributed by atoms with Gasteiger partial charge in [-0.25, -0.2) is 4.98 Å². The maximum Gasteiger partial charge on any atom is 0.257 e. The number of allylic oxidation sites excluding steroid dienone is 2. The van der Waals surface area contributed by atoms with Gasteiger partial charge < -0.3 is 9.98 Å². The highest BCUT2D eigenvalue weighted by Crippen LogP contribution is 2.24. The van der Waals surface area contributed by atoms with Crippen molar-refractivity contribution in [1.29, 1.82) is 5.41 Å². The Balaban J connectivity index is 1.65. The molecule has 0 bridgehead atoms. The predicted molar refractivity (Wildman–Crippen MR) is 145 cm³/mol. The van der Waals surface area contributed by atoms with E-state index >= 15 is 0 Å². The molecule has 0 unspecified atom stereocenters. The molecule has 0 radical (unpaired) electrons. The molecule has 0 fully saturated rings. The van der Waals surface area contributed by atoms with E-state index in [-0.39, 0.29) is 17.4 Å². The quantitative estimate of drug-likeness (QED) is 0.217. The molecule has 1 aromatic heterocycles. The number of anilines is 1. The normalized spacial score (nSPS) is 12.1. The van der Waals surface area contributed by atoms with E-state index in [9.17, 15) is 9.59 Å². The maximum atomic E-state index is 13.2. The number of hydrogen-bond acceptors (Lipinski definition) is 4. The van der Waals surface area contributed by atoms with Gasteiger partial charge in [0.2, 0.25) is 5.95 Å². The lowest BCUT2D eigenvalue weighted by molar-refractivity contribution is -0.112. The molecule has 2 N–H and O–H groups in total. The first-order chi connectivity index (χ1) is 17.4. The van der Waals surface area contributed by atoms with Crippen LogP contribution in [0.1, 0.15) is 60.2 Å². The van der Waals surface area contributed by atoms with Crippen LogP contribution < -0.4 is 5.32 Å². The van der Waals surface area contributed by atoms with E-state index in [0.717, 1.165) is 28.6 Å². The lowest BCUT2D eigenvalue weighted by Gasteiger charge is -2.13. The summed E-state index contributed by atoms with van der Waals surface area (Å²) in [6.07, 6.45) is 3.90. The SMILES string of the molecule is CC[C@H](C)c1cccc(C(=O)Nc2nc3ccccc3n2Cc2cccc(C(=N)/C=C\C(C)=O)c2)c1. The molecule has 1 atom stereocenters. The highest BCUT2D eigenvalue weighted by atomic mass is 16.1. The molecule has 0 aliphatic rings. The van der Waals surface area contributed by atoms with Crippen LogP contribution in [0.5, 0.6) is 0 Å². The van der Waals surface area contributed by atoms with Crippen LogP contribution in [-0.2, 0) is 11.3 Å². The van der Waals surface area contributed by atoms with E-state index in [4.69, 9.17) is 10.4 Å². The van der Waals surface area contributed by atoms with Gasteiger partial charge in [-0.3, -0.25) is 14.9 Å². The summed E-state index contributed by atoms with van der Waals surface area (Å²) in [5.41, 5.74) is 5.34. The van der Waals surface area contributed by atoms with Crippen molar-refractivity contribution in [3.8, 4) is 0 Å². The molecule has 1 heterocycles. The lowest BCUT2D eigenvalue weighted by Crippen LogP contribution is -2.17. The van der Waals surface area contributed by atoms with Gasteiger partial charge in [0.25, 0.3) is 5.91 Å². The molecule has 0 spiro atoms. The van der Waals surface area contributed by atoms with Gasteiger partial charge in [-0.05, 0) is 78.4 Å².